The van der Waals surface area contributed by atoms with E-state index in [1.807, 2.05) is 54.6 Å². The summed E-state index contributed by atoms with van der Waals surface area (Å²) in [4.78, 5) is 42.7. The normalized spacial score (nSPS) is 28.1. The smallest absolute Gasteiger partial charge is 0.248 e. The molecule has 3 fully saturated rings. The quantitative estimate of drug-likeness (QED) is 0.322. The van der Waals surface area contributed by atoms with Gasteiger partial charge in [0.2, 0.25) is 17.7 Å². The van der Waals surface area contributed by atoms with Crippen molar-refractivity contribution >= 4 is 23.4 Å². The second-order valence-electron chi connectivity index (χ2n) is 11.2. The zero-order valence-electron chi connectivity index (χ0n) is 22.1. The Hall–Kier alpha value is -4.39. The highest BCUT2D eigenvalue weighted by Crippen LogP contribution is 2.65. The van der Waals surface area contributed by atoms with Gasteiger partial charge < -0.3 is 14.8 Å². The van der Waals surface area contributed by atoms with E-state index in [9.17, 15) is 14.4 Å². The maximum atomic E-state index is 13.8. The molecule has 2 bridgehead atoms. The van der Waals surface area contributed by atoms with E-state index in [-0.39, 0.29) is 47.8 Å². The summed E-state index contributed by atoms with van der Waals surface area (Å²) in [7, 11) is 1.58. The Balaban J connectivity index is 1.13. The van der Waals surface area contributed by atoms with Gasteiger partial charge in [0.15, 0.2) is 11.5 Å². The lowest BCUT2D eigenvalue weighted by Gasteiger charge is -2.37. The van der Waals surface area contributed by atoms with E-state index in [0.717, 1.165) is 12.0 Å². The van der Waals surface area contributed by atoms with E-state index in [2.05, 4.69) is 17.5 Å². The maximum Gasteiger partial charge on any atom is 0.248 e. The minimum atomic E-state index is -0.937. The van der Waals surface area contributed by atoms with Gasteiger partial charge >= 0.3 is 0 Å². The zero-order chi connectivity index (χ0) is 27.4. The van der Waals surface area contributed by atoms with Crippen LogP contribution in [0.3, 0.4) is 0 Å². The molecule has 1 N–H and O–H groups in total. The fourth-order valence-corrected chi connectivity index (χ4v) is 7.09. The molecule has 0 aromatic heterocycles. The van der Waals surface area contributed by atoms with Crippen LogP contribution in [-0.4, -0.2) is 35.8 Å². The number of carbonyl (C=O) groups excluding carboxylic acids is 3. The van der Waals surface area contributed by atoms with Gasteiger partial charge in [-0.25, -0.2) is 0 Å². The van der Waals surface area contributed by atoms with Crippen LogP contribution in [0.25, 0.3) is 0 Å². The standard InChI is InChI=1S/C33H30N2O5/c1-39-27-9-5-6-10-28(27)40-21-13-11-20(12-14-21)34-31(36)26(17-19-7-3-2-4-8-19)35-32(37)29-22-15-16-23(25-18-24(22)25)30(29)33(35)38/h2-16,22-26,29-30H,17-18H2,1H3,(H,34,36)/t22-,23-,24-,25-,26-,29+,30+/m1/s1. The summed E-state index contributed by atoms with van der Waals surface area (Å²) in [5.41, 5.74) is 1.44. The molecule has 7 nitrogen and oxygen atoms in total. The van der Waals surface area contributed by atoms with Crippen LogP contribution in [0.2, 0.25) is 0 Å². The van der Waals surface area contributed by atoms with Crippen LogP contribution in [0.1, 0.15) is 12.0 Å². The number of carbonyl (C=O) groups is 3. The molecule has 0 radical (unpaired) electrons. The maximum absolute atomic E-state index is 13.8. The average Bonchev–Trinajstić information content (AvgIpc) is 3.77. The molecule has 0 spiro atoms. The fourth-order valence-electron chi connectivity index (χ4n) is 7.09. The monoisotopic (exact) mass is 534 g/mol. The Morgan fingerprint density at radius 1 is 0.850 bits per heavy atom. The number of benzene rings is 3. The SMILES string of the molecule is COc1ccccc1Oc1ccc(NC(=O)[C@@H](Cc2ccccc2)N2C(=O)[C@H]3[C@@H]4C=C[C@H]([C@H]5C[C@H]45)[C@@H]3C2=O)cc1. The number of imide groups is 1. The Morgan fingerprint density at radius 2 is 1.45 bits per heavy atom. The Bertz CT molecular complexity index is 1460. The van der Waals surface area contributed by atoms with Gasteiger partial charge in [-0.2, -0.15) is 0 Å². The summed E-state index contributed by atoms with van der Waals surface area (Å²) < 4.78 is 11.3. The number of ether oxygens (including phenoxy) is 2. The number of methoxy groups -OCH3 is 1. The Labute approximate surface area is 232 Å². The summed E-state index contributed by atoms with van der Waals surface area (Å²) in [6.45, 7) is 0. The third-order valence-corrected chi connectivity index (χ3v) is 9.00. The van der Waals surface area contributed by atoms with Gasteiger partial charge in [-0.3, -0.25) is 19.3 Å². The lowest BCUT2D eigenvalue weighted by molar-refractivity contribution is -0.146. The molecule has 1 aliphatic heterocycles. The first kappa shape index (κ1) is 24.6. The van der Waals surface area contributed by atoms with Crippen molar-refractivity contribution in [3.63, 3.8) is 0 Å². The van der Waals surface area contributed by atoms with Crippen molar-refractivity contribution in [1.82, 2.24) is 4.90 Å². The van der Waals surface area contributed by atoms with E-state index in [1.54, 1.807) is 31.4 Å². The number of amides is 3. The molecule has 4 aliphatic carbocycles. The van der Waals surface area contributed by atoms with Gasteiger partial charge in [-0.1, -0.05) is 54.6 Å². The highest BCUT2D eigenvalue weighted by molar-refractivity contribution is 6.10. The number of likely N-dealkylation sites (tertiary alicyclic amines) is 1. The van der Waals surface area contributed by atoms with E-state index < -0.39 is 6.04 Å². The van der Waals surface area contributed by atoms with Gasteiger partial charge in [0.05, 0.1) is 18.9 Å². The molecular weight excluding hydrogens is 504 g/mol. The molecule has 2 saturated carbocycles. The summed E-state index contributed by atoms with van der Waals surface area (Å²) >= 11 is 0. The summed E-state index contributed by atoms with van der Waals surface area (Å²) in [5, 5.41) is 2.95. The largest absolute Gasteiger partial charge is 0.493 e. The molecular formula is C33H30N2O5. The van der Waals surface area contributed by atoms with Crippen molar-refractivity contribution in [3.8, 4) is 17.2 Å². The lowest BCUT2D eigenvalue weighted by atomic mass is 9.63. The predicted molar refractivity (Wildman–Crippen MR) is 149 cm³/mol. The molecule has 40 heavy (non-hydrogen) atoms. The third-order valence-electron chi connectivity index (χ3n) is 9.00. The summed E-state index contributed by atoms with van der Waals surface area (Å²) in [6.07, 6.45) is 5.65. The molecule has 7 atom stereocenters. The van der Waals surface area contributed by atoms with Gasteiger partial charge in [-0.15, -0.1) is 0 Å². The van der Waals surface area contributed by atoms with Gasteiger partial charge in [-0.05, 0) is 72.1 Å². The third kappa shape index (κ3) is 4.08. The minimum absolute atomic E-state index is 0.109. The van der Waals surface area contributed by atoms with Gasteiger partial charge in [0.1, 0.15) is 11.8 Å². The number of anilines is 1. The van der Waals surface area contributed by atoms with Crippen molar-refractivity contribution in [2.24, 2.45) is 35.5 Å². The summed E-state index contributed by atoms with van der Waals surface area (Å²) in [6, 6.07) is 23.0. The van der Waals surface area contributed by atoms with Crippen LogP contribution in [0, 0.1) is 35.5 Å². The van der Waals surface area contributed by atoms with Crippen LogP contribution in [0.15, 0.2) is 91.0 Å². The predicted octanol–water partition coefficient (Wildman–Crippen LogP) is 5.09. The molecule has 7 heteroatoms. The second-order valence-corrected chi connectivity index (χ2v) is 11.2. The molecule has 1 heterocycles. The lowest BCUT2D eigenvalue weighted by Crippen LogP contribution is -2.49. The molecule has 3 amide bonds. The number of hydrogen-bond donors (Lipinski definition) is 1. The van der Waals surface area contributed by atoms with E-state index >= 15 is 0 Å². The van der Waals surface area contributed by atoms with Crippen LogP contribution in [0.4, 0.5) is 5.69 Å². The number of para-hydroxylation sites is 2. The molecule has 3 aromatic carbocycles. The van der Waals surface area contributed by atoms with Crippen molar-refractivity contribution in [2.75, 3.05) is 12.4 Å². The Morgan fingerprint density at radius 3 is 2.08 bits per heavy atom. The molecule has 8 rings (SSSR count). The van der Waals surface area contributed by atoms with E-state index in [0.29, 0.717) is 34.8 Å². The zero-order valence-corrected chi connectivity index (χ0v) is 22.1. The average molecular weight is 535 g/mol. The van der Waals surface area contributed by atoms with Crippen LogP contribution >= 0.6 is 0 Å². The number of allylic oxidation sites excluding steroid dienone is 2. The topological polar surface area (TPSA) is 84.9 Å². The molecule has 5 aliphatic rings. The van der Waals surface area contributed by atoms with Crippen molar-refractivity contribution < 1.29 is 23.9 Å². The van der Waals surface area contributed by atoms with Gasteiger partial charge in [0, 0.05) is 12.1 Å². The first-order valence-corrected chi connectivity index (χ1v) is 13.8. The van der Waals surface area contributed by atoms with Crippen molar-refractivity contribution in [1.29, 1.82) is 0 Å². The molecule has 0 unspecified atom stereocenters. The van der Waals surface area contributed by atoms with Crippen LogP contribution in [-0.2, 0) is 20.8 Å². The fraction of sp³-hybridized carbons (Fsp3) is 0.303. The van der Waals surface area contributed by atoms with Crippen molar-refractivity contribution in [3.05, 3.63) is 96.6 Å². The van der Waals surface area contributed by atoms with Crippen LogP contribution < -0.4 is 14.8 Å². The molecule has 3 aromatic rings. The van der Waals surface area contributed by atoms with Gasteiger partial charge in [0.25, 0.3) is 0 Å². The first-order valence-electron chi connectivity index (χ1n) is 13.8. The number of nitrogens with zero attached hydrogens (tertiary/aromatic N) is 1. The minimum Gasteiger partial charge on any atom is -0.493 e. The first-order chi connectivity index (χ1) is 19.5. The molecule has 202 valence electrons. The number of rotatable bonds is 8. The highest BCUT2D eigenvalue weighted by atomic mass is 16.5. The summed E-state index contributed by atoms with van der Waals surface area (Å²) in [5.74, 6) is 1.54. The Kier molecular flexibility index (Phi) is 5.95. The number of hydrogen-bond acceptors (Lipinski definition) is 5. The van der Waals surface area contributed by atoms with Crippen LogP contribution in [0.5, 0.6) is 17.2 Å². The number of nitrogens with one attached hydrogen (secondary N) is 1. The van der Waals surface area contributed by atoms with Crippen molar-refractivity contribution in [2.45, 2.75) is 18.9 Å². The van der Waals surface area contributed by atoms with E-state index in [4.69, 9.17) is 9.47 Å². The highest BCUT2D eigenvalue weighted by Gasteiger charge is 2.67. The second kappa shape index (κ2) is 9.66. The van der Waals surface area contributed by atoms with E-state index in [1.165, 1.54) is 4.90 Å². The molecule has 1 saturated heterocycles.